The van der Waals surface area contributed by atoms with Crippen LogP contribution in [0.25, 0.3) is 10.8 Å². The van der Waals surface area contributed by atoms with Crippen molar-refractivity contribution in [2.75, 3.05) is 19.6 Å². The molecule has 2 amide bonds. The Labute approximate surface area is 269 Å². The van der Waals surface area contributed by atoms with Gasteiger partial charge in [0, 0.05) is 43.1 Å². The van der Waals surface area contributed by atoms with Gasteiger partial charge in [-0.05, 0) is 54.8 Å². The van der Waals surface area contributed by atoms with E-state index in [2.05, 4.69) is 10.3 Å². The number of nitro benzene ring substituents is 1. The van der Waals surface area contributed by atoms with Crippen molar-refractivity contribution in [1.82, 2.24) is 19.5 Å². The van der Waals surface area contributed by atoms with Gasteiger partial charge in [-0.2, -0.15) is 0 Å². The molecule has 46 heavy (non-hydrogen) atoms. The summed E-state index contributed by atoms with van der Waals surface area (Å²) in [7, 11) is 0. The smallest absolute Gasteiger partial charge is 0.330 e. The van der Waals surface area contributed by atoms with E-state index in [9.17, 15) is 29.6 Å². The summed E-state index contributed by atoms with van der Waals surface area (Å²) in [5.41, 5.74) is 5.01. The van der Waals surface area contributed by atoms with E-state index in [4.69, 9.17) is 10.5 Å². The average Bonchev–Trinajstić information content (AvgIpc) is 3.58. The number of ether oxygens (including phenoxy) is 1. The van der Waals surface area contributed by atoms with Crippen LogP contribution < -0.4 is 15.8 Å². The van der Waals surface area contributed by atoms with Crippen LogP contribution in [0.4, 0.5) is 5.69 Å². The summed E-state index contributed by atoms with van der Waals surface area (Å²) >= 11 is 1.16. The second-order valence-corrected chi connectivity index (χ2v) is 12.9. The molecule has 2 aromatic carbocycles. The Hall–Kier alpha value is -4.53. The molecule has 0 bridgehead atoms. The second kappa shape index (κ2) is 13.1. The molecule has 5 atom stereocenters. The predicted octanol–water partition coefficient (Wildman–Crippen LogP) is 3.14. The molecule has 0 radical (unpaired) electrons. The molecule has 3 aliphatic rings. The fourth-order valence-corrected chi connectivity index (χ4v) is 7.25. The molecule has 0 unspecified atom stereocenters. The minimum atomic E-state index is -1.45. The van der Waals surface area contributed by atoms with E-state index in [-0.39, 0.29) is 31.6 Å². The van der Waals surface area contributed by atoms with Gasteiger partial charge in [0.05, 0.1) is 17.5 Å². The Bertz CT molecular complexity index is 1700. The number of para-hydroxylation sites is 1. The molecule has 1 aliphatic carbocycles. The Balaban J connectivity index is 1.29. The first kappa shape index (κ1) is 31.5. The molecule has 1 aromatic heterocycles. The number of hydrogen-bond acceptors (Lipinski definition) is 10. The number of carbonyl (C=O) groups is 3. The minimum Gasteiger partial charge on any atom is -0.479 e. The molecule has 0 spiro atoms. The number of hydrogen-bond donors (Lipinski definition) is 3. The van der Waals surface area contributed by atoms with E-state index < -0.39 is 52.4 Å². The fraction of sp³-hybridized carbons (Fsp3) is 0.375. The van der Waals surface area contributed by atoms with Crippen LogP contribution in [0.15, 0.2) is 77.8 Å². The van der Waals surface area contributed by atoms with Crippen LogP contribution in [-0.4, -0.2) is 85.4 Å². The summed E-state index contributed by atoms with van der Waals surface area (Å²) in [5, 5.41) is 26.2. The molecule has 3 aromatic rings. The lowest BCUT2D eigenvalue weighted by Crippen LogP contribution is -2.56. The molecule has 13 nitrogen and oxygen atoms in total. The number of rotatable bonds is 6. The van der Waals surface area contributed by atoms with Gasteiger partial charge in [0.15, 0.2) is 0 Å². The van der Waals surface area contributed by atoms with Gasteiger partial charge in [0.25, 0.3) is 5.69 Å². The zero-order chi connectivity index (χ0) is 32.4. The SMILES string of the molecule is N[C@H]1CN(Sc2ccccc2[N+](=O)[O-])CCC/C=C\[C@@H]2C[C@@]2(C(=O)O)NC(=O)[C@@H]2C[C@@H](Oc3nccc4ccccc34)CN2C1=O. The zero-order valence-electron chi connectivity index (χ0n) is 24.9. The third-order valence-electron chi connectivity index (χ3n) is 8.66. The summed E-state index contributed by atoms with van der Waals surface area (Å²) in [6.07, 6.45) is 6.30. The molecule has 2 fully saturated rings. The number of pyridine rings is 1. The van der Waals surface area contributed by atoms with Crippen molar-refractivity contribution in [2.45, 2.75) is 54.3 Å². The van der Waals surface area contributed by atoms with Crippen molar-refractivity contribution in [3.8, 4) is 5.88 Å². The van der Waals surface area contributed by atoms with Crippen LogP contribution in [0.5, 0.6) is 5.88 Å². The number of aromatic nitrogens is 1. The summed E-state index contributed by atoms with van der Waals surface area (Å²) in [6.45, 7) is 0.550. The van der Waals surface area contributed by atoms with Crippen molar-refractivity contribution in [2.24, 2.45) is 11.7 Å². The molecule has 1 saturated heterocycles. The van der Waals surface area contributed by atoms with E-state index in [1.54, 1.807) is 24.4 Å². The quantitative estimate of drug-likeness (QED) is 0.155. The minimum absolute atomic E-state index is 0.0379. The van der Waals surface area contributed by atoms with Crippen molar-refractivity contribution >= 4 is 46.2 Å². The van der Waals surface area contributed by atoms with Gasteiger partial charge >= 0.3 is 5.97 Å². The third-order valence-corrected chi connectivity index (χ3v) is 9.79. The zero-order valence-corrected chi connectivity index (χ0v) is 25.7. The number of carbonyl (C=O) groups excluding carboxylic acids is 2. The fourth-order valence-electron chi connectivity index (χ4n) is 6.14. The number of benzene rings is 2. The maximum Gasteiger partial charge on any atom is 0.330 e. The summed E-state index contributed by atoms with van der Waals surface area (Å²) in [4.78, 5) is 57.5. The molecule has 3 heterocycles. The summed E-state index contributed by atoms with van der Waals surface area (Å²) in [6, 6.07) is 13.7. The van der Waals surface area contributed by atoms with Gasteiger partial charge in [-0.25, -0.2) is 14.1 Å². The maximum atomic E-state index is 14.0. The average molecular weight is 647 g/mol. The highest BCUT2D eigenvalue weighted by Gasteiger charge is 2.61. The van der Waals surface area contributed by atoms with Crippen LogP contribution in [-0.2, 0) is 14.4 Å². The van der Waals surface area contributed by atoms with E-state index in [0.29, 0.717) is 30.2 Å². The van der Waals surface area contributed by atoms with Crippen molar-refractivity contribution in [1.29, 1.82) is 0 Å². The van der Waals surface area contributed by atoms with Crippen LogP contribution in [0.2, 0.25) is 0 Å². The molecule has 14 heteroatoms. The summed E-state index contributed by atoms with van der Waals surface area (Å²) in [5.74, 6) is -2.25. The van der Waals surface area contributed by atoms with E-state index in [1.165, 1.54) is 11.0 Å². The van der Waals surface area contributed by atoms with E-state index >= 15 is 0 Å². The second-order valence-electron chi connectivity index (χ2n) is 11.8. The normalized spacial score (nSPS) is 27.9. The number of allylic oxidation sites excluding steroid dienone is 1. The molecular formula is C32H34N6O7S. The van der Waals surface area contributed by atoms with Crippen LogP contribution in [0, 0.1) is 16.0 Å². The van der Waals surface area contributed by atoms with Gasteiger partial charge in [0.2, 0.25) is 17.7 Å². The standard InChI is InChI=1S/C32H34N6O7S/c33-24-19-36(46-27-12-6-5-11-25(27)38(43)44)15-7-1-2-9-21-17-32(21,31(41)42)35-28(39)26-16-22(18-37(26)30(24)40)45-29-23-10-4-3-8-20(23)13-14-34-29/h2-6,8-14,21-22,24,26H,1,7,15-19,33H2,(H,35,39)(H,41,42)/b9-2-/t21-,22-,24+,26+,32-/m1/s1. The molecular weight excluding hydrogens is 612 g/mol. The lowest BCUT2D eigenvalue weighted by atomic mass is 10.1. The maximum absolute atomic E-state index is 14.0. The van der Waals surface area contributed by atoms with Crippen LogP contribution in [0.1, 0.15) is 25.7 Å². The van der Waals surface area contributed by atoms with Gasteiger partial charge in [0.1, 0.15) is 22.6 Å². The molecule has 4 N–H and O–H groups in total. The first-order valence-corrected chi connectivity index (χ1v) is 15.9. The van der Waals surface area contributed by atoms with Gasteiger partial charge in [-0.1, -0.05) is 42.5 Å². The van der Waals surface area contributed by atoms with Crippen molar-refractivity contribution in [3.05, 3.63) is 83.1 Å². The molecule has 240 valence electrons. The number of carboxylic acid groups (broad SMARTS) is 1. The lowest BCUT2D eigenvalue weighted by molar-refractivity contribution is -0.387. The number of fused-ring (bicyclic) bond motifs is 3. The molecule has 2 aliphatic heterocycles. The summed E-state index contributed by atoms with van der Waals surface area (Å²) < 4.78 is 8.11. The van der Waals surface area contributed by atoms with Crippen molar-refractivity contribution < 1.29 is 29.2 Å². The van der Waals surface area contributed by atoms with Gasteiger partial charge in [-0.15, -0.1) is 0 Å². The number of carboxylic acids is 1. The number of nitro groups is 1. The third kappa shape index (κ3) is 6.41. The molecule has 1 saturated carbocycles. The first-order chi connectivity index (χ1) is 22.2. The Morgan fingerprint density at radius 2 is 1.93 bits per heavy atom. The lowest BCUT2D eigenvalue weighted by Gasteiger charge is -2.30. The van der Waals surface area contributed by atoms with Crippen molar-refractivity contribution in [3.63, 3.8) is 0 Å². The Morgan fingerprint density at radius 1 is 1.15 bits per heavy atom. The molecule has 6 rings (SSSR count). The van der Waals surface area contributed by atoms with Gasteiger partial charge in [-0.3, -0.25) is 19.7 Å². The predicted molar refractivity (Wildman–Crippen MR) is 170 cm³/mol. The highest BCUT2D eigenvalue weighted by Crippen LogP contribution is 2.45. The van der Waals surface area contributed by atoms with E-state index in [0.717, 1.165) is 22.7 Å². The number of nitrogens with zero attached hydrogens (tertiary/aromatic N) is 4. The van der Waals surface area contributed by atoms with Crippen LogP contribution in [0.3, 0.4) is 0 Å². The highest BCUT2D eigenvalue weighted by atomic mass is 32.2. The topological polar surface area (TPSA) is 181 Å². The van der Waals surface area contributed by atoms with Gasteiger partial charge < -0.3 is 25.8 Å². The largest absolute Gasteiger partial charge is 0.479 e. The number of aliphatic carboxylic acids is 1. The highest BCUT2D eigenvalue weighted by molar-refractivity contribution is 7.97. The first-order valence-electron chi connectivity index (χ1n) is 15.1. The number of nitrogens with two attached hydrogens (primary N) is 1. The number of amides is 2. The monoisotopic (exact) mass is 646 g/mol. The Kier molecular flexibility index (Phi) is 8.93. The van der Waals surface area contributed by atoms with E-state index in [1.807, 2.05) is 46.8 Å². The van der Waals surface area contributed by atoms with Crippen LogP contribution >= 0.6 is 11.9 Å². The Morgan fingerprint density at radius 3 is 2.74 bits per heavy atom. The number of nitrogens with one attached hydrogen (secondary N) is 1.